The fraction of sp³-hybridized carbons (Fsp3) is 0. The van der Waals surface area contributed by atoms with Crippen LogP contribution in [0.3, 0.4) is 0 Å². The highest BCUT2D eigenvalue weighted by atomic mass is 32.2. The van der Waals surface area contributed by atoms with E-state index in [4.69, 9.17) is 5.14 Å². The Morgan fingerprint density at radius 2 is 1.43 bits per heavy atom. The summed E-state index contributed by atoms with van der Waals surface area (Å²) in [6, 6.07) is 14.0. The summed E-state index contributed by atoms with van der Waals surface area (Å²) in [5.41, 5.74) is 1.57. The van der Waals surface area contributed by atoms with Gasteiger partial charge in [-0.15, -0.1) is 0 Å². The molecule has 4 nitrogen and oxygen atoms in total. The molecule has 0 fully saturated rings. The van der Waals surface area contributed by atoms with Crippen LogP contribution in [0.15, 0.2) is 65.6 Å². The molecule has 0 bridgehead atoms. The fourth-order valence-electron chi connectivity index (χ4n) is 2.31. The Balaban J connectivity index is 2.10. The molecule has 0 radical (unpaired) electrons. The van der Waals surface area contributed by atoms with Crippen molar-refractivity contribution in [2.24, 2.45) is 5.14 Å². The van der Waals surface area contributed by atoms with Crippen LogP contribution in [0.25, 0.3) is 16.9 Å². The third-order valence-electron chi connectivity index (χ3n) is 3.40. The number of benzene rings is 2. The van der Waals surface area contributed by atoms with Crippen LogP contribution in [0.4, 0.5) is 8.78 Å². The number of hydrogen-bond donors (Lipinski definition) is 1. The maximum atomic E-state index is 14.1. The van der Waals surface area contributed by atoms with E-state index in [9.17, 15) is 17.2 Å². The molecule has 0 saturated heterocycles. The smallest absolute Gasteiger partial charge is 0.238 e. The zero-order chi connectivity index (χ0) is 16.6. The van der Waals surface area contributed by atoms with Crippen molar-refractivity contribution in [3.8, 4) is 16.9 Å². The Bertz CT molecular complexity index is 947. The summed E-state index contributed by atoms with van der Waals surface area (Å²) in [7, 11) is -3.79. The molecular weight excluding hydrogens is 322 g/mol. The van der Waals surface area contributed by atoms with E-state index < -0.39 is 21.8 Å². The normalized spacial score (nSPS) is 11.6. The van der Waals surface area contributed by atoms with E-state index in [0.717, 1.165) is 0 Å². The number of halogens is 2. The fourth-order valence-corrected chi connectivity index (χ4v) is 2.82. The maximum absolute atomic E-state index is 14.1. The van der Waals surface area contributed by atoms with Crippen LogP contribution >= 0.6 is 0 Å². The Labute approximate surface area is 131 Å². The third-order valence-corrected chi connectivity index (χ3v) is 4.33. The van der Waals surface area contributed by atoms with Gasteiger partial charge in [0, 0.05) is 5.69 Å². The summed E-state index contributed by atoms with van der Waals surface area (Å²) in [6.45, 7) is 0. The highest BCUT2D eigenvalue weighted by molar-refractivity contribution is 7.89. The Kier molecular flexibility index (Phi) is 3.75. The molecule has 1 heterocycles. The molecule has 0 unspecified atom stereocenters. The second-order valence-electron chi connectivity index (χ2n) is 4.92. The van der Waals surface area contributed by atoms with Crippen LogP contribution in [0.5, 0.6) is 0 Å². The maximum Gasteiger partial charge on any atom is 0.238 e. The van der Waals surface area contributed by atoms with E-state index in [1.807, 2.05) is 0 Å². The highest BCUT2D eigenvalue weighted by Crippen LogP contribution is 2.27. The van der Waals surface area contributed by atoms with Gasteiger partial charge in [-0.2, -0.15) is 4.39 Å². The number of nitrogens with zero attached hydrogens (tertiary/aromatic N) is 1. The van der Waals surface area contributed by atoms with Gasteiger partial charge in [0.2, 0.25) is 10.0 Å². The molecule has 0 aliphatic heterocycles. The molecule has 0 saturated carbocycles. The Hall–Kier alpha value is -2.51. The second-order valence-corrected chi connectivity index (χ2v) is 6.48. The number of hydrogen-bond acceptors (Lipinski definition) is 2. The zero-order valence-electron chi connectivity index (χ0n) is 11.8. The first-order valence-electron chi connectivity index (χ1n) is 6.63. The van der Waals surface area contributed by atoms with Crippen molar-refractivity contribution in [3.05, 3.63) is 72.4 Å². The molecule has 0 aliphatic carbocycles. The van der Waals surface area contributed by atoms with Gasteiger partial charge in [-0.05, 0) is 54.1 Å². The lowest BCUT2D eigenvalue weighted by Gasteiger charge is -2.10. The molecule has 7 heteroatoms. The summed E-state index contributed by atoms with van der Waals surface area (Å²) < 4.78 is 51.0. The molecular formula is C16H12F2N2O2S. The van der Waals surface area contributed by atoms with Crippen molar-refractivity contribution in [3.63, 3.8) is 0 Å². The third kappa shape index (κ3) is 3.01. The minimum absolute atomic E-state index is 0.0263. The predicted molar refractivity (Wildman–Crippen MR) is 82.5 cm³/mol. The molecule has 0 amide bonds. The van der Waals surface area contributed by atoms with Gasteiger partial charge in [0.25, 0.3) is 0 Å². The van der Waals surface area contributed by atoms with Crippen molar-refractivity contribution in [1.82, 2.24) is 4.57 Å². The topological polar surface area (TPSA) is 65.1 Å². The first-order valence-corrected chi connectivity index (χ1v) is 8.17. The van der Waals surface area contributed by atoms with Gasteiger partial charge in [-0.3, -0.25) is 4.57 Å². The van der Waals surface area contributed by atoms with Crippen LogP contribution in [0, 0.1) is 11.8 Å². The van der Waals surface area contributed by atoms with Gasteiger partial charge in [-0.25, -0.2) is 17.9 Å². The van der Waals surface area contributed by atoms with Gasteiger partial charge in [-0.1, -0.05) is 12.1 Å². The molecule has 118 valence electrons. The van der Waals surface area contributed by atoms with Gasteiger partial charge >= 0.3 is 0 Å². The van der Waals surface area contributed by atoms with E-state index >= 15 is 0 Å². The predicted octanol–water partition coefficient (Wildman–Crippen LogP) is 3.07. The summed E-state index contributed by atoms with van der Waals surface area (Å²) in [6.07, 6.45) is 0. The lowest BCUT2D eigenvalue weighted by Crippen LogP contribution is -2.11. The largest absolute Gasteiger partial charge is 0.286 e. The number of sulfonamides is 1. The highest BCUT2D eigenvalue weighted by Gasteiger charge is 2.13. The van der Waals surface area contributed by atoms with Crippen LogP contribution in [-0.2, 0) is 10.0 Å². The van der Waals surface area contributed by atoms with Crippen molar-refractivity contribution >= 4 is 10.0 Å². The Morgan fingerprint density at radius 1 is 0.826 bits per heavy atom. The van der Waals surface area contributed by atoms with E-state index in [2.05, 4.69) is 0 Å². The Morgan fingerprint density at radius 3 is 2.00 bits per heavy atom. The van der Waals surface area contributed by atoms with Crippen LogP contribution in [0.1, 0.15) is 0 Å². The van der Waals surface area contributed by atoms with Gasteiger partial charge in [0.15, 0.2) is 5.95 Å². The van der Waals surface area contributed by atoms with E-state index in [1.165, 1.54) is 59.2 Å². The monoisotopic (exact) mass is 334 g/mol. The van der Waals surface area contributed by atoms with Gasteiger partial charge < -0.3 is 0 Å². The lowest BCUT2D eigenvalue weighted by molar-refractivity contribution is 0.561. The summed E-state index contributed by atoms with van der Waals surface area (Å²) >= 11 is 0. The molecule has 0 atom stereocenters. The average Bonchev–Trinajstić information content (AvgIpc) is 2.89. The first kappa shape index (κ1) is 15.4. The minimum Gasteiger partial charge on any atom is -0.286 e. The number of aromatic nitrogens is 1. The van der Waals surface area contributed by atoms with E-state index in [1.54, 1.807) is 6.07 Å². The van der Waals surface area contributed by atoms with E-state index in [0.29, 0.717) is 16.9 Å². The molecule has 3 aromatic rings. The first-order chi connectivity index (χ1) is 10.9. The molecule has 23 heavy (non-hydrogen) atoms. The molecule has 0 spiro atoms. The summed E-state index contributed by atoms with van der Waals surface area (Å²) in [5.74, 6) is -0.928. The van der Waals surface area contributed by atoms with E-state index in [-0.39, 0.29) is 4.90 Å². The van der Waals surface area contributed by atoms with Gasteiger partial charge in [0.1, 0.15) is 5.82 Å². The van der Waals surface area contributed by atoms with Crippen molar-refractivity contribution in [1.29, 1.82) is 0 Å². The number of primary sulfonamides is 1. The van der Waals surface area contributed by atoms with Crippen molar-refractivity contribution in [2.75, 3.05) is 0 Å². The number of rotatable bonds is 3. The quantitative estimate of drug-likeness (QED) is 0.800. The molecule has 1 aromatic heterocycles. The van der Waals surface area contributed by atoms with Crippen molar-refractivity contribution in [2.45, 2.75) is 4.90 Å². The van der Waals surface area contributed by atoms with Gasteiger partial charge in [0.05, 0.1) is 10.6 Å². The SMILES string of the molecule is NS(=O)(=O)c1ccc(-c2ccc(F)n2-c2ccc(F)cc2)cc1. The van der Waals surface area contributed by atoms with Crippen molar-refractivity contribution < 1.29 is 17.2 Å². The zero-order valence-corrected chi connectivity index (χ0v) is 12.6. The van der Waals surface area contributed by atoms with Crippen LogP contribution in [0.2, 0.25) is 0 Å². The standard InChI is InChI=1S/C16H12F2N2O2S/c17-12-3-5-13(6-4-12)20-15(9-10-16(20)18)11-1-7-14(8-2-11)23(19,21)22/h1-10H,(H2,19,21,22). The molecule has 2 N–H and O–H groups in total. The molecule has 3 rings (SSSR count). The molecule has 2 aromatic carbocycles. The summed E-state index contributed by atoms with van der Waals surface area (Å²) in [5, 5.41) is 5.06. The van der Waals surface area contributed by atoms with Crippen LogP contribution < -0.4 is 5.14 Å². The average molecular weight is 334 g/mol. The number of nitrogens with two attached hydrogens (primary N) is 1. The minimum atomic E-state index is -3.79. The molecule has 0 aliphatic rings. The second kappa shape index (κ2) is 5.60. The van der Waals surface area contributed by atoms with Crippen LogP contribution in [-0.4, -0.2) is 13.0 Å². The summed E-state index contributed by atoms with van der Waals surface area (Å²) in [4.78, 5) is -0.0263. The lowest BCUT2D eigenvalue weighted by atomic mass is 10.1.